The normalized spacial score (nSPS) is 12.2. The van der Waals surface area contributed by atoms with Crippen LogP contribution < -0.4 is 4.74 Å². The van der Waals surface area contributed by atoms with E-state index < -0.39 is 17.8 Å². The Morgan fingerprint density at radius 2 is 2.00 bits per heavy atom. The zero-order chi connectivity index (χ0) is 20.2. The minimum Gasteiger partial charge on any atom is -0.490 e. The lowest BCUT2D eigenvalue weighted by molar-refractivity contribution is -0.139. The molecule has 0 spiro atoms. The summed E-state index contributed by atoms with van der Waals surface area (Å²) in [5.74, 6) is -0.271. The Balaban J connectivity index is 2.43. The molecular formula is C19H25ClF3N3O. The maximum absolute atomic E-state index is 13.5. The van der Waals surface area contributed by atoms with Crippen molar-refractivity contribution in [2.24, 2.45) is 0 Å². The second-order valence-electron chi connectivity index (χ2n) is 6.85. The molecule has 2 rings (SSSR count). The van der Waals surface area contributed by atoms with Gasteiger partial charge < -0.3 is 9.64 Å². The first-order valence-corrected chi connectivity index (χ1v) is 9.29. The number of hydrogen-bond donors (Lipinski definition) is 1. The van der Waals surface area contributed by atoms with Crippen LogP contribution in [0.5, 0.6) is 5.75 Å². The molecule has 0 aliphatic rings. The summed E-state index contributed by atoms with van der Waals surface area (Å²) < 4.78 is 46.0. The molecule has 0 bridgehead atoms. The van der Waals surface area contributed by atoms with Gasteiger partial charge in [-0.3, -0.25) is 5.10 Å². The van der Waals surface area contributed by atoms with Crippen LogP contribution in [0.1, 0.15) is 44.7 Å². The molecule has 150 valence electrons. The van der Waals surface area contributed by atoms with Crippen LogP contribution >= 0.6 is 11.6 Å². The molecule has 1 N–H and O–H groups in total. The average molecular weight is 404 g/mol. The standard InChI is InChI=1S/C19H25ClF3N3O/c1-5-6-7-26(4)11-13-10-24-25-18(13)14-8-15(19(21,22)23)17(9-16(14)20)27-12(2)3/h8-10,12H,5-7,11H2,1-4H3,(H,24,25). The maximum atomic E-state index is 13.5. The Labute approximate surface area is 162 Å². The number of halogens is 4. The highest BCUT2D eigenvalue weighted by Crippen LogP contribution is 2.42. The van der Waals surface area contributed by atoms with Crippen molar-refractivity contribution in [3.63, 3.8) is 0 Å². The number of aromatic amines is 1. The van der Waals surface area contributed by atoms with Gasteiger partial charge in [0.05, 0.1) is 28.6 Å². The number of aromatic nitrogens is 2. The first-order chi connectivity index (χ1) is 12.6. The fourth-order valence-corrected chi connectivity index (χ4v) is 3.03. The lowest BCUT2D eigenvalue weighted by Gasteiger charge is -2.19. The molecule has 2 aromatic rings. The van der Waals surface area contributed by atoms with Crippen LogP contribution in [0.4, 0.5) is 13.2 Å². The summed E-state index contributed by atoms with van der Waals surface area (Å²) in [5.41, 5.74) is 0.693. The number of hydrogen-bond acceptors (Lipinski definition) is 3. The third kappa shape index (κ3) is 5.62. The lowest BCUT2D eigenvalue weighted by Crippen LogP contribution is -2.19. The van der Waals surface area contributed by atoms with E-state index in [9.17, 15) is 13.2 Å². The zero-order valence-corrected chi connectivity index (χ0v) is 16.7. The van der Waals surface area contributed by atoms with Gasteiger partial charge in [-0.05, 0) is 39.9 Å². The topological polar surface area (TPSA) is 41.2 Å². The van der Waals surface area contributed by atoms with Gasteiger partial charge in [0, 0.05) is 23.7 Å². The zero-order valence-electron chi connectivity index (χ0n) is 16.0. The van der Waals surface area contributed by atoms with Crippen molar-refractivity contribution in [2.45, 2.75) is 52.4 Å². The van der Waals surface area contributed by atoms with Gasteiger partial charge in [-0.1, -0.05) is 24.9 Å². The van der Waals surface area contributed by atoms with Crippen LogP contribution in [-0.4, -0.2) is 34.8 Å². The van der Waals surface area contributed by atoms with Crippen LogP contribution in [-0.2, 0) is 12.7 Å². The summed E-state index contributed by atoms with van der Waals surface area (Å²) in [6.07, 6.45) is -1.21. The van der Waals surface area contributed by atoms with Gasteiger partial charge in [-0.15, -0.1) is 0 Å². The van der Waals surface area contributed by atoms with E-state index in [0.717, 1.165) is 31.0 Å². The Bertz CT molecular complexity index is 759. The van der Waals surface area contributed by atoms with E-state index in [2.05, 4.69) is 22.0 Å². The quantitative estimate of drug-likeness (QED) is 0.608. The number of benzene rings is 1. The van der Waals surface area contributed by atoms with Crippen molar-refractivity contribution in [3.05, 3.63) is 34.5 Å². The SMILES string of the molecule is CCCCN(C)Cc1cn[nH]c1-c1cc(C(F)(F)F)c(OC(C)C)cc1Cl. The van der Waals surface area contributed by atoms with Crippen molar-refractivity contribution in [1.82, 2.24) is 15.1 Å². The van der Waals surface area contributed by atoms with Gasteiger partial charge in [0.1, 0.15) is 5.75 Å². The smallest absolute Gasteiger partial charge is 0.419 e. The molecule has 0 atom stereocenters. The van der Waals surface area contributed by atoms with Crippen LogP contribution in [0.2, 0.25) is 5.02 Å². The molecule has 8 heteroatoms. The summed E-state index contributed by atoms with van der Waals surface area (Å²) in [4.78, 5) is 2.10. The van der Waals surface area contributed by atoms with Gasteiger partial charge in [0.2, 0.25) is 0 Å². The molecular weight excluding hydrogens is 379 g/mol. The van der Waals surface area contributed by atoms with E-state index in [-0.39, 0.29) is 16.3 Å². The predicted molar refractivity (Wildman–Crippen MR) is 101 cm³/mol. The summed E-state index contributed by atoms with van der Waals surface area (Å²) in [6.45, 7) is 6.90. The number of nitrogens with one attached hydrogen (secondary N) is 1. The molecule has 0 saturated carbocycles. The number of H-pyrrole nitrogens is 1. The first-order valence-electron chi connectivity index (χ1n) is 8.92. The third-order valence-electron chi connectivity index (χ3n) is 4.06. The van der Waals surface area contributed by atoms with E-state index in [1.165, 1.54) is 6.07 Å². The van der Waals surface area contributed by atoms with Gasteiger partial charge in [0.25, 0.3) is 0 Å². The van der Waals surface area contributed by atoms with Crippen molar-refractivity contribution < 1.29 is 17.9 Å². The molecule has 0 fully saturated rings. The number of unbranched alkanes of at least 4 members (excludes halogenated alkanes) is 1. The molecule has 1 heterocycles. The van der Waals surface area contributed by atoms with Crippen molar-refractivity contribution in [1.29, 1.82) is 0 Å². The Morgan fingerprint density at radius 1 is 1.30 bits per heavy atom. The lowest BCUT2D eigenvalue weighted by atomic mass is 10.0. The fourth-order valence-electron chi connectivity index (χ4n) is 2.78. The fraction of sp³-hybridized carbons (Fsp3) is 0.526. The predicted octanol–water partition coefficient (Wildman–Crippen LogP) is 5.77. The summed E-state index contributed by atoms with van der Waals surface area (Å²) in [5, 5.41) is 6.99. The van der Waals surface area contributed by atoms with Crippen molar-refractivity contribution in [2.75, 3.05) is 13.6 Å². The molecule has 1 aromatic carbocycles. The Morgan fingerprint density at radius 3 is 2.59 bits per heavy atom. The highest BCUT2D eigenvalue weighted by atomic mass is 35.5. The second kappa shape index (κ2) is 8.97. The Hall–Kier alpha value is -1.73. The van der Waals surface area contributed by atoms with E-state index in [4.69, 9.17) is 16.3 Å². The van der Waals surface area contributed by atoms with Gasteiger partial charge in [-0.2, -0.15) is 18.3 Å². The first kappa shape index (κ1) is 21.6. The molecule has 1 aromatic heterocycles. The van der Waals surface area contributed by atoms with Gasteiger partial charge >= 0.3 is 6.18 Å². The van der Waals surface area contributed by atoms with E-state index in [0.29, 0.717) is 12.2 Å². The van der Waals surface area contributed by atoms with E-state index in [1.54, 1.807) is 20.0 Å². The van der Waals surface area contributed by atoms with Crippen LogP contribution in [0.3, 0.4) is 0 Å². The van der Waals surface area contributed by atoms with Gasteiger partial charge in [0.15, 0.2) is 0 Å². The summed E-state index contributed by atoms with van der Waals surface area (Å²) in [6, 6.07) is 2.26. The van der Waals surface area contributed by atoms with E-state index in [1.807, 2.05) is 7.05 Å². The van der Waals surface area contributed by atoms with E-state index >= 15 is 0 Å². The molecule has 0 unspecified atom stereocenters. The minimum absolute atomic E-state index is 0.181. The van der Waals surface area contributed by atoms with Crippen molar-refractivity contribution in [3.8, 4) is 17.0 Å². The van der Waals surface area contributed by atoms with Crippen LogP contribution in [0.25, 0.3) is 11.3 Å². The second-order valence-corrected chi connectivity index (χ2v) is 7.26. The molecule has 0 aliphatic heterocycles. The molecule has 0 amide bonds. The third-order valence-corrected chi connectivity index (χ3v) is 4.37. The number of ether oxygens (including phenoxy) is 1. The number of nitrogens with zero attached hydrogens (tertiary/aromatic N) is 2. The average Bonchev–Trinajstić information content (AvgIpc) is 2.99. The minimum atomic E-state index is -4.55. The Kier molecular flexibility index (Phi) is 7.17. The molecule has 27 heavy (non-hydrogen) atoms. The molecule has 0 aliphatic carbocycles. The molecule has 0 radical (unpaired) electrons. The van der Waals surface area contributed by atoms with Crippen LogP contribution in [0, 0.1) is 0 Å². The largest absolute Gasteiger partial charge is 0.490 e. The van der Waals surface area contributed by atoms with Crippen molar-refractivity contribution >= 4 is 11.6 Å². The van der Waals surface area contributed by atoms with Crippen LogP contribution in [0.15, 0.2) is 18.3 Å². The molecule has 4 nitrogen and oxygen atoms in total. The number of rotatable bonds is 8. The molecule has 0 saturated heterocycles. The monoisotopic (exact) mass is 403 g/mol. The summed E-state index contributed by atoms with van der Waals surface area (Å²) >= 11 is 6.31. The highest BCUT2D eigenvalue weighted by molar-refractivity contribution is 6.33. The maximum Gasteiger partial charge on any atom is 0.419 e. The highest BCUT2D eigenvalue weighted by Gasteiger charge is 2.36. The van der Waals surface area contributed by atoms with Gasteiger partial charge in [-0.25, -0.2) is 0 Å². The summed E-state index contributed by atoms with van der Waals surface area (Å²) in [7, 11) is 1.97. The number of alkyl halides is 3.